The van der Waals surface area contributed by atoms with Crippen molar-refractivity contribution in [2.24, 2.45) is 0 Å². The molecule has 0 amide bonds. The van der Waals surface area contributed by atoms with Gasteiger partial charge >= 0.3 is 0 Å². The van der Waals surface area contributed by atoms with Gasteiger partial charge in [-0.2, -0.15) is 0 Å². The van der Waals surface area contributed by atoms with Gasteiger partial charge in [0.15, 0.2) is 0 Å². The molecule has 0 N–H and O–H groups in total. The summed E-state index contributed by atoms with van der Waals surface area (Å²) in [6.45, 7) is 8.59. The molecular formula is C19H22S3. The van der Waals surface area contributed by atoms with Crippen LogP contribution < -0.4 is 0 Å². The summed E-state index contributed by atoms with van der Waals surface area (Å²) in [6.07, 6.45) is 0. The second-order valence-corrected chi connectivity index (χ2v) is 8.97. The van der Waals surface area contributed by atoms with Crippen molar-refractivity contribution < 1.29 is 0 Å². The van der Waals surface area contributed by atoms with E-state index in [1.807, 2.05) is 0 Å². The highest BCUT2D eigenvalue weighted by Gasteiger charge is 2.04. The van der Waals surface area contributed by atoms with E-state index in [0.717, 1.165) is 15.0 Å². The van der Waals surface area contributed by atoms with E-state index in [1.54, 1.807) is 23.5 Å². The lowest BCUT2D eigenvalue weighted by Crippen LogP contribution is -1.90. The molecule has 0 atom stereocenters. The molecule has 0 radical (unpaired) electrons. The quantitative estimate of drug-likeness (QED) is 0.590. The Hall–Kier alpha value is -0.770. The Kier molecular flexibility index (Phi) is 6.54. The molecule has 0 heterocycles. The zero-order valence-electron chi connectivity index (χ0n) is 13.6. The average molecular weight is 347 g/mol. The maximum atomic E-state index is 5.51. The van der Waals surface area contributed by atoms with Crippen molar-refractivity contribution in [1.29, 1.82) is 0 Å². The van der Waals surface area contributed by atoms with Crippen LogP contribution in [0.5, 0.6) is 0 Å². The standard InChI is InChI=1S/C19H22S3/c1-13-5-14(2)8-17(7-13)11-21-19(20)22-12-18-9-15(3)6-16(4)10-18/h5-10H,11-12H2,1-4H3. The van der Waals surface area contributed by atoms with Crippen LogP contribution in [-0.4, -0.2) is 3.53 Å². The monoisotopic (exact) mass is 346 g/mol. The normalized spacial score (nSPS) is 10.7. The first-order valence-electron chi connectivity index (χ1n) is 7.36. The molecule has 0 unspecified atom stereocenters. The summed E-state index contributed by atoms with van der Waals surface area (Å²) in [5.74, 6) is 1.92. The van der Waals surface area contributed by atoms with E-state index in [9.17, 15) is 0 Å². The number of aryl methyl sites for hydroxylation is 4. The highest BCUT2D eigenvalue weighted by Crippen LogP contribution is 2.26. The summed E-state index contributed by atoms with van der Waals surface area (Å²) < 4.78 is 1.03. The zero-order chi connectivity index (χ0) is 16.1. The molecule has 0 saturated carbocycles. The van der Waals surface area contributed by atoms with E-state index in [-0.39, 0.29) is 0 Å². The zero-order valence-corrected chi connectivity index (χ0v) is 16.1. The van der Waals surface area contributed by atoms with Gasteiger partial charge < -0.3 is 0 Å². The van der Waals surface area contributed by atoms with Gasteiger partial charge in [-0.1, -0.05) is 70.9 Å². The lowest BCUT2D eigenvalue weighted by atomic mass is 10.1. The highest BCUT2D eigenvalue weighted by molar-refractivity contribution is 8.46. The maximum absolute atomic E-state index is 5.51. The number of benzene rings is 2. The van der Waals surface area contributed by atoms with E-state index >= 15 is 0 Å². The molecule has 0 spiro atoms. The predicted molar refractivity (Wildman–Crippen MR) is 107 cm³/mol. The van der Waals surface area contributed by atoms with Crippen molar-refractivity contribution >= 4 is 39.3 Å². The lowest BCUT2D eigenvalue weighted by molar-refractivity contribution is 1.30. The Labute approximate surface area is 148 Å². The van der Waals surface area contributed by atoms with Crippen LogP contribution in [-0.2, 0) is 11.5 Å². The summed E-state index contributed by atoms with van der Waals surface area (Å²) in [5.41, 5.74) is 8.01. The third kappa shape index (κ3) is 5.79. The first kappa shape index (κ1) is 17.6. The number of thiocarbonyl (C=S) groups is 1. The largest absolute Gasteiger partial charge is 0.104 e. The van der Waals surface area contributed by atoms with Crippen LogP contribution in [0.25, 0.3) is 0 Å². The van der Waals surface area contributed by atoms with Crippen molar-refractivity contribution in [2.45, 2.75) is 39.2 Å². The molecule has 2 aromatic carbocycles. The molecule has 0 aliphatic carbocycles. The van der Waals surface area contributed by atoms with E-state index in [2.05, 4.69) is 64.1 Å². The van der Waals surface area contributed by atoms with Crippen LogP contribution in [0.3, 0.4) is 0 Å². The summed E-state index contributed by atoms with van der Waals surface area (Å²) >= 11 is 9.05. The average Bonchev–Trinajstić information content (AvgIpc) is 2.41. The Bertz CT molecular complexity index is 576. The van der Waals surface area contributed by atoms with Crippen molar-refractivity contribution in [3.63, 3.8) is 0 Å². The van der Waals surface area contributed by atoms with E-state index < -0.39 is 0 Å². The minimum Gasteiger partial charge on any atom is -0.103 e. The van der Waals surface area contributed by atoms with Crippen LogP contribution in [0.2, 0.25) is 0 Å². The van der Waals surface area contributed by atoms with E-state index in [4.69, 9.17) is 12.2 Å². The third-order valence-electron chi connectivity index (χ3n) is 3.28. The minimum atomic E-state index is 0.960. The number of thioether (sulfide) groups is 2. The first-order valence-corrected chi connectivity index (χ1v) is 9.74. The smallest absolute Gasteiger partial charge is 0.103 e. The number of hydrogen-bond donors (Lipinski definition) is 0. The van der Waals surface area contributed by atoms with Crippen molar-refractivity contribution in [2.75, 3.05) is 0 Å². The molecule has 22 heavy (non-hydrogen) atoms. The van der Waals surface area contributed by atoms with Crippen LogP contribution in [0.15, 0.2) is 36.4 Å². The molecule has 0 aliphatic heterocycles. The molecule has 0 fully saturated rings. The second kappa shape index (κ2) is 8.19. The summed E-state index contributed by atoms with van der Waals surface area (Å²) in [7, 11) is 0. The number of rotatable bonds is 4. The highest BCUT2D eigenvalue weighted by atomic mass is 32.2. The Morgan fingerprint density at radius 2 is 1.00 bits per heavy atom. The fraction of sp³-hybridized carbons (Fsp3) is 0.316. The lowest BCUT2D eigenvalue weighted by Gasteiger charge is -2.07. The van der Waals surface area contributed by atoms with Crippen LogP contribution in [0.4, 0.5) is 0 Å². The van der Waals surface area contributed by atoms with Gasteiger partial charge in [-0.25, -0.2) is 0 Å². The topological polar surface area (TPSA) is 0 Å². The Morgan fingerprint density at radius 3 is 1.32 bits per heavy atom. The van der Waals surface area contributed by atoms with Gasteiger partial charge in [-0.05, 0) is 38.8 Å². The maximum Gasteiger partial charge on any atom is 0.104 e. The van der Waals surface area contributed by atoms with Gasteiger partial charge in [0.1, 0.15) is 3.53 Å². The number of hydrogen-bond acceptors (Lipinski definition) is 3. The molecule has 0 aliphatic rings. The van der Waals surface area contributed by atoms with E-state index in [1.165, 1.54) is 33.4 Å². The second-order valence-electron chi connectivity index (χ2n) is 5.82. The summed E-state index contributed by atoms with van der Waals surface area (Å²) in [5, 5.41) is 0. The molecule has 2 aromatic rings. The minimum absolute atomic E-state index is 0.960. The fourth-order valence-corrected chi connectivity index (χ4v) is 4.57. The van der Waals surface area contributed by atoms with Crippen LogP contribution >= 0.6 is 35.7 Å². The van der Waals surface area contributed by atoms with Crippen molar-refractivity contribution in [1.82, 2.24) is 0 Å². The van der Waals surface area contributed by atoms with Gasteiger partial charge in [0.25, 0.3) is 0 Å². The molecule has 0 aromatic heterocycles. The third-order valence-corrected chi connectivity index (χ3v) is 6.12. The van der Waals surface area contributed by atoms with Crippen molar-refractivity contribution in [3.05, 3.63) is 69.8 Å². The molecule has 2 rings (SSSR count). The van der Waals surface area contributed by atoms with Crippen LogP contribution in [0.1, 0.15) is 33.4 Å². The molecule has 0 nitrogen and oxygen atoms in total. The van der Waals surface area contributed by atoms with E-state index in [0.29, 0.717) is 0 Å². The van der Waals surface area contributed by atoms with Gasteiger partial charge in [0.05, 0.1) is 0 Å². The Balaban J connectivity index is 1.85. The molecule has 116 valence electrons. The molecule has 3 heteroatoms. The van der Waals surface area contributed by atoms with Crippen molar-refractivity contribution in [3.8, 4) is 0 Å². The van der Waals surface area contributed by atoms with Crippen LogP contribution in [0, 0.1) is 27.7 Å². The summed E-state index contributed by atoms with van der Waals surface area (Å²) in [6, 6.07) is 13.4. The van der Waals surface area contributed by atoms with Gasteiger partial charge in [0, 0.05) is 11.5 Å². The van der Waals surface area contributed by atoms with Gasteiger partial charge in [-0.15, -0.1) is 23.5 Å². The first-order chi connectivity index (χ1) is 10.4. The van der Waals surface area contributed by atoms with Gasteiger partial charge in [0.2, 0.25) is 0 Å². The SMILES string of the molecule is Cc1cc(C)cc(CSC(=S)SCc2cc(C)cc(C)c2)c1. The fourth-order valence-electron chi connectivity index (χ4n) is 2.63. The molecule has 0 bridgehead atoms. The van der Waals surface area contributed by atoms with Gasteiger partial charge in [-0.3, -0.25) is 0 Å². The summed E-state index contributed by atoms with van der Waals surface area (Å²) in [4.78, 5) is 0. The Morgan fingerprint density at radius 1 is 0.682 bits per heavy atom. The molecular weight excluding hydrogens is 324 g/mol. The predicted octanol–water partition coefficient (Wildman–Crippen LogP) is 6.37. The molecule has 0 saturated heterocycles.